The van der Waals surface area contributed by atoms with E-state index in [0.717, 1.165) is 11.5 Å². The highest BCUT2D eigenvalue weighted by Crippen LogP contribution is 2.06. The van der Waals surface area contributed by atoms with Crippen molar-refractivity contribution in [3.8, 4) is 0 Å². The molecular formula is C19H26N2O4. The number of nitrogens with one attached hydrogen (secondary N) is 2. The molecule has 1 unspecified atom stereocenters. The summed E-state index contributed by atoms with van der Waals surface area (Å²) in [5.74, 6) is 1.72. The lowest BCUT2D eigenvalue weighted by atomic mass is 10.0. The molecule has 0 aromatic carbocycles. The second kappa shape index (κ2) is 9.71. The van der Waals surface area contributed by atoms with Crippen LogP contribution in [0.25, 0.3) is 0 Å². The van der Waals surface area contributed by atoms with Crippen molar-refractivity contribution < 1.29 is 18.4 Å². The third-order valence-corrected chi connectivity index (χ3v) is 4.03. The van der Waals surface area contributed by atoms with Gasteiger partial charge in [-0.1, -0.05) is 13.8 Å². The Morgan fingerprint density at radius 2 is 1.52 bits per heavy atom. The molecule has 0 saturated heterocycles. The highest BCUT2D eigenvalue weighted by atomic mass is 16.3. The molecule has 0 aliphatic heterocycles. The minimum atomic E-state index is -0.100. The summed E-state index contributed by atoms with van der Waals surface area (Å²) in [5.41, 5.74) is 0. The molecule has 6 heteroatoms. The van der Waals surface area contributed by atoms with Crippen molar-refractivity contribution in [2.45, 2.75) is 45.6 Å². The van der Waals surface area contributed by atoms with Crippen LogP contribution in [0.5, 0.6) is 0 Å². The van der Waals surface area contributed by atoms with Gasteiger partial charge in [-0.15, -0.1) is 0 Å². The zero-order valence-electron chi connectivity index (χ0n) is 14.8. The molecule has 136 valence electrons. The molecule has 2 heterocycles. The number of rotatable bonds is 10. The van der Waals surface area contributed by atoms with Crippen LogP contribution in [-0.4, -0.2) is 24.4 Å². The van der Waals surface area contributed by atoms with Crippen LogP contribution in [0.4, 0.5) is 0 Å². The van der Waals surface area contributed by atoms with E-state index in [2.05, 4.69) is 10.6 Å². The summed E-state index contributed by atoms with van der Waals surface area (Å²) in [6.07, 6.45) is 5.07. The van der Waals surface area contributed by atoms with E-state index in [1.165, 1.54) is 0 Å². The van der Waals surface area contributed by atoms with Crippen LogP contribution in [-0.2, 0) is 22.4 Å². The quantitative estimate of drug-likeness (QED) is 0.693. The Balaban J connectivity index is 1.70. The molecule has 1 atom stereocenters. The fourth-order valence-corrected chi connectivity index (χ4v) is 2.43. The molecule has 0 aliphatic carbocycles. The van der Waals surface area contributed by atoms with Crippen LogP contribution >= 0.6 is 0 Å². The second-order valence-electron chi connectivity index (χ2n) is 6.38. The minimum Gasteiger partial charge on any atom is -0.469 e. The highest BCUT2D eigenvalue weighted by molar-refractivity contribution is 5.77. The average molecular weight is 346 g/mol. The van der Waals surface area contributed by atoms with Crippen molar-refractivity contribution in [2.24, 2.45) is 5.92 Å². The van der Waals surface area contributed by atoms with Crippen LogP contribution in [0.15, 0.2) is 45.6 Å². The van der Waals surface area contributed by atoms with E-state index in [1.54, 1.807) is 18.6 Å². The first-order chi connectivity index (χ1) is 12.0. The fourth-order valence-electron chi connectivity index (χ4n) is 2.43. The summed E-state index contributed by atoms with van der Waals surface area (Å²) in [6, 6.07) is 7.22. The number of furan rings is 2. The van der Waals surface area contributed by atoms with Gasteiger partial charge in [0.25, 0.3) is 0 Å². The first kappa shape index (κ1) is 18.8. The van der Waals surface area contributed by atoms with Crippen LogP contribution in [0.1, 0.15) is 38.2 Å². The Morgan fingerprint density at radius 3 is 2.00 bits per heavy atom. The summed E-state index contributed by atoms with van der Waals surface area (Å²) in [4.78, 5) is 24.1. The van der Waals surface area contributed by atoms with Gasteiger partial charge in [-0.2, -0.15) is 0 Å². The molecule has 2 N–H and O–H groups in total. The lowest BCUT2D eigenvalue weighted by Gasteiger charge is -2.23. The Kier molecular flexibility index (Phi) is 7.32. The number of carbonyl (C=O) groups excluding carboxylic acids is 2. The van der Waals surface area contributed by atoms with Crippen molar-refractivity contribution in [2.75, 3.05) is 6.54 Å². The molecule has 2 rings (SSSR count). The number of carbonyl (C=O) groups is 2. The number of hydrogen-bond donors (Lipinski definition) is 2. The molecule has 2 aromatic rings. The monoisotopic (exact) mass is 346 g/mol. The van der Waals surface area contributed by atoms with Gasteiger partial charge in [0.1, 0.15) is 11.5 Å². The van der Waals surface area contributed by atoms with Gasteiger partial charge in [0.2, 0.25) is 11.8 Å². The van der Waals surface area contributed by atoms with Gasteiger partial charge in [-0.3, -0.25) is 9.59 Å². The van der Waals surface area contributed by atoms with Crippen LogP contribution in [0.2, 0.25) is 0 Å². The van der Waals surface area contributed by atoms with Crippen molar-refractivity contribution in [1.29, 1.82) is 0 Å². The maximum absolute atomic E-state index is 12.1. The van der Waals surface area contributed by atoms with Gasteiger partial charge in [0, 0.05) is 38.3 Å². The van der Waals surface area contributed by atoms with E-state index in [-0.39, 0.29) is 23.8 Å². The largest absolute Gasteiger partial charge is 0.469 e. The van der Waals surface area contributed by atoms with E-state index in [0.29, 0.717) is 32.2 Å². The second-order valence-corrected chi connectivity index (χ2v) is 6.38. The molecular weight excluding hydrogens is 320 g/mol. The third-order valence-electron chi connectivity index (χ3n) is 4.03. The predicted molar refractivity (Wildman–Crippen MR) is 93.8 cm³/mol. The van der Waals surface area contributed by atoms with Gasteiger partial charge in [0.05, 0.1) is 12.5 Å². The minimum absolute atomic E-state index is 0.0417. The van der Waals surface area contributed by atoms with E-state index in [1.807, 2.05) is 32.0 Å². The number of amides is 2. The molecule has 25 heavy (non-hydrogen) atoms. The normalized spacial score (nSPS) is 12.1. The molecule has 2 amide bonds. The standard InChI is InChI=1S/C19H26N2O4/c1-14(2)17(21-19(23)10-8-16-6-4-12-25-16)13-20-18(22)9-7-15-5-3-11-24-15/h3-6,11-12,14,17H,7-10,13H2,1-2H3,(H,20,22)(H,21,23). The van der Waals surface area contributed by atoms with Crippen molar-refractivity contribution in [3.05, 3.63) is 48.3 Å². The summed E-state index contributed by atoms with van der Waals surface area (Å²) in [5, 5.41) is 5.88. The van der Waals surface area contributed by atoms with Crippen molar-refractivity contribution >= 4 is 11.8 Å². The summed E-state index contributed by atoms with van der Waals surface area (Å²) >= 11 is 0. The molecule has 0 aliphatic rings. The lowest BCUT2D eigenvalue weighted by molar-refractivity contribution is -0.124. The number of aryl methyl sites for hydroxylation is 2. The van der Waals surface area contributed by atoms with E-state index in [4.69, 9.17) is 8.83 Å². The molecule has 0 fully saturated rings. The zero-order chi connectivity index (χ0) is 18.1. The topological polar surface area (TPSA) is 84.5 Å². The maximum Gasteiger partial charge on any atom is 0.220 e. The van der Waals surface area contributed by atoms with Gasteiger partial charge >= 0.3 is 0 Å². The first-order valence-corrected chi connectivity index (χ1v) is 8.65. The lowest BCUT2D eigenvalue weighted by Crippen LogP contribution is -2.46. The highest BCUT2D eigenvalue weighted by Gasteiger charge is 2.17. The predicted octanol–water partition coefficient (Wildman–Crippen LogP) is 2.70. The van der Waals surface area contributed by atoms with Crippen LogP contribution in [0, 0.1) is 5.92 Å². The van der Waals surface area contributed by atoms with E-state index >= 15 is 0 Å². The average Bonchev–Trinajstić information content (AvgIpc) is 3.28. The third kappa shape index (κ3) is 6.87. The summed E-state index contributed by atoms with van der Waals surface area (Å²) in [7, 11) is 0. The van der Waals surface area contributed by atoms with Crippen molar-refractivity contribution in [3.63, 3.8) is 0 Å². The van der Waals surface area contributed by atoms with Crippen LogP contribution < -0.4 is 10.6 Å². The Labute approximate surface area is 148 Å². The molecule has 0 spiro atoms. The van der Waals surface area contributed by atoms with Gasteiger partial charge < -0.3 is 19.5 Å². The molecule has 6 nitrogen and oxygen atoms in total. The van der Waals surface area contributed by atoms with Gasteiger partial charge in [-0.25, -0.2) is 0 Å². The maximum atomic E-state index is 12.1. The molecule has 2 aromatic heterocycles. The Morgan fingerprint density at radius 1 is 0.960 bits per heavy atom. The molecule has 0 saturated carbocycles. The van der Waals surface area contributed by atoms with Gasteiger partial charge in [-0.05, 0) is 30.2 Å². The SMILES string of the molecule is CC(C)C(CNC(=O)CCc1ccco1)NC(=O)CCc1ccco1. The molecule has 0 radical (unpaired) electrons. The van der Waals surface area contributed by atoms with E-state index in [9.17, 15) is 9.59 Å². The number of hydrogen-bond acceptors (Lipinski definition) is 4. The fraction of sp³-hybridized carbons (Fsp3) is 0.474. The van der Waals surface area contributed by atoms with Crippen molar-refractivity contribution in [1.82, 2.24) is 10.6 Å². The smallest absolute Gasteiger partial charge is 0.220 e. The Hall–Kier alpha value is -2.50. The summed E-state index contributed by atoms with van der Waals surface area (Å²) < 4.78 is 10.4. The first-order valence-electron chi connectivity index (χ1n) is 8.65. The summed E-state index contributed by atoms with van der Waals surface area (Å²) in [6.45, 7) is 4.46. The van der Waals surface area contributed by atoms with E-state index < -0.39 is 0 Å². The Bertz CT molecular complexity index is 632. The van der Waals surface area contributed by atoms with Crippen LogP contribution in [0.3, 0.4) is 0 Å². The van der Waals surface area contributed by atoms with Gasteiger partial charge in [0.15, 0.2) is 0 Å². The molecule has 0 bridgehead atoms. The zero-order valence-corrected chi connectivity index (χ0v) is 14.8.